The van der Waals surface area contributed by atoms with Crippen LogP contribution >= 0.6 is 43.2 Å². The maximum absolute atomic E-state index is 11.7. The van der Waals surface area contributed by atoms with Gasteiger partial charge >= 0.3 is 0 Å². The first-order valence-electron chi connectivity index (χ1n) is 4.58. The van der Waals surface area contributed by atoms with Gasteiger partial charge < -0.3 is 11.1 Å². The van der Waals surface area contributed by atoms with Gasteiger partial charge in [-0.25, -0.2) is 0 Å². The lowest BCUT2D eigenvalue weighted by molar-refractivity contribution is 0.0953. The second-order valence-corrected chi connectivity index (χ2v) is 6.74. The second-order valence-electron chi connectivity index (χ2n) is 2.99. The summed E-state index contributed by atoms with van der Waals surface area (Å²) in [6.07, 6.45) is 1.86. The van der Waals surface area contributed by atoms with Crippen LogP contribution in [0.3, 0.4) is 0 Å². The van der Waals surface area contributed by atoms with Gasteiger partial charge in [0.05, 0.1) is 13.1 Å². The third-order valence-electron chi connectivity index (χ3n) is 1.82. The van der Waals surface area contributed by atoms with Crippen molar-refractivity contribution in [2.75, 3.05) is 13.1 Å². The number of halogens is 2. The molecule has 0 bridgehead atoms. The molecule has 0 saturated heterocycles. The Labute approximate surface area is 110 Å². The van der Waals surface area contributed by atoms with E-state index in [9.17, 15) is 4.79 Å². The first-order valence-corrected chi connectivity index (χ1v) is 6.98. The molecule has 0 aliphatic heterocycles. The number of nitrogens with one attached hydrogen (secondary N) is 1. The molecule has 6 heteroatoms. The van der Waals surface area contributed by atoms with Crippen LogP contribution in [0.1, 0.15) is 23.2 Å². The molecule has 0 atom stereocenters. The summed E-state index contributed by atoms with van der Waals surface area (Å²) >= 11 is 8.18. The fourth-order valence-corrected chi connectivity index (χ4v) is 3.85. The van der Waals surface area contributed by atoms with E-state index in [-0.39, 0.29) is 5.91 Å². The van der Waals surface area contributed by atoms with Crippen LogP contribution in [0.4, 0.5) is 0 Å². The van der Waals surface area contributed by atoms with Gasteiger partial charge in [0.15, 0.2) is 0 Å². The van der Waals surface area contributed by atoms with E-state index in [1.54, 1.807) is 0 Å². The van der Waals surface area contributed by atoms with Crippen LogP contribution in [0, 0.1) is 0 Å². The van der Waals surface area contributed by atoms with E-state index in [0.717, 1.165) is 20.4 Å². The van der Waals surface area contributed by atoms with Crippen LogP contribution in [0.25, 0.3) is 0 Å². The minimum absolute atomic E-state index is 0.0409. The monoisotopic (exact) mass is 354 g/mol. The fourth-order valence-electron chi connectivity index (χ4n) is 1.06. The lowest BCUT2D eigenvalue weighted by Crippen LogP contribution is -2.24. The SMILES string of the molecule is NCCCCNC(=O)c1cc(Br)sc1Br. The minimum Gasteiger partial charge on any atom is -0.352 e. The Morgan fingerprint density at radius 2 is 2.20 bits per heavy atom. The van der Waals surface area contributed by atoms with E-state index in [1.807, 2.05) is 6.07 Å². The average molecular weight is 356 g/mol. The summed E-state index contributed by atoms with van der Waals surface area (Å²) < 4.78 is 1.80. The molecule has 15 heavy (non-hydrogen) atoms. The molecule has 0 unspecified atom stereocenters. The molecule has 0 aromatic carbocycles. The van der Waals surface area contributed by atoms with Crippen molar-refractivity contribution in [3.63, 3.8) is 0 Å². The Morgan fingerprint density at radius 1 is 1.47 bits per heavy atom. The van der Waals surface area contributed by atoms with Crippen molar-refractivity contribution in [1.82, 2.24) is 5.32 Å². The van der Waals surface area contributed by atoms with Gasteiger partial charge in [-0.05, 0) is 57.3 Å². The van der Waals surface area contributed by atoms with Gasteiger partial charge in [-0.3, -0.25) is 4.79 Å². The van der Waals surface area contributed by atoms with Crippen LogP contribution < -0.4 is 11.1 Å². The number of nitrogens with two attached hydrogens (primary N) is 1. The molecule has 3 nitrogen and oxygen atoms in total. The molecule has 0 saturated carbocycles. The van der Waals surface area contributed by atoms with Crippen molar-refractivity contribution in [3.05, 3.63) is 19.2 Å². The van der Waals surface area contributed by atoms with E-state index < -0.39 is 0 Å². The van der Waals surface area contributed by atoms with Gasteiger partial charge in [0.25, 0.3) is 5.91 Å². The maximum Gasteiger partial charge on any atom is 0.253 e. The van der Waals surface area contributed by atoms with E-state index in [4.69, 9.17) is 5.73 Å². The number of amides is 1. The highest BCUT2D eigenvalue weighted by Gasteiger charge is 2.12. The number of hydrogen-bond donors (Lipinski definition) is 2. The molecule has 1 amide bonds. The number of rotatable bonds is 5. The summed E-state index contributed by atoms with van der Waals surface area (Å²) in [6, 6.07) is 1.81. The molecular formula is C9H12Br2N2OS. The number of unbranched alkanes of at least 4 members (excludes halogenated alkanes) is 1. The molecule has 0 fully saturated rings. The average Bonchev–Trinajstić information content (AvgIpc) is 2.52. The normalized spacial score (nSPS) is 10.3. The zero-order valence-electron chi connectivity index (χ0n) is 8.06. The maximum atomic E-state index is 11.7. The predicted molar refractivity (Wildman–Crippen MR) is 70.3 cm³/mol. The summed E-state index contributed by atoms with van der Waals surface area (Å²) in [5.74, 6) is -0.0409. The van der Waals surface area contributed by atoms with E-state index in [1.165, 1.54) is 11.3 Å². The summed E-state index contributed by atoms with van der Waals surface area (Å²) in [6.45, 7) is 1.35. The van der Waals surface area contributed by atoms with Crippen LogP contribution in [-0.4, -0.2) is 19.0 Å². The van der Waals surface area contributed by atoms with Crippen molar-refractivity contribution in [2.24, 2.45) is 5.73 Å². The summed E-state index contributed by atoms with van der Waals surface area (Å²) in [5.41, 5.74) is 6.04. The Kier molecular flexibility index (Phi) is 5.81. The summed E-state index contributed by atoms with van der Waals surface area (Å²) in [7, 11) is 0. The Bertz CT molecular complexity index is 341. The molecule has 3 N–H and O–H groups in total. The van der Waals surface area contributed by atoms with Crippen LogP contribution in [0.2, 0.25) is 0 Å². The molecule has 1 rings (SSSR count). The van der Waals surface area contributed by atoms with E-state index in [0.29, 0.717) is 18.7 Å². The highest BCUT2D eigenvalue weighted by Crippen LogP contribution is 2.31. The molecule has 0 radical (unpaired) electrons. The Balaban J connectivity index is 2.43. The minimum atomic E-state index is -0.0409. The molecule has 1 aromatic rings. The number of carbonyl (C=O) groups is 1. The Hall–Kier alpha value is 0.0900. The van der Waals surface area contributed by atoms with Crippen molar-refractivity contribution >= 4 is 49.1 Å². The van der Waals surface area contributed by atoms with Gasteiger partial charge in [-0.1, -0.05) is 0 Å². The third kappa shape index (κ3) is 4.22. The fraction of sp³-hybridized carbons (Fsp3) is 0.444. The third-order valence-corrected chi connectivity index (χ3v) is 4.16. The number of hydrogen-bond acceptors (Lipinski definition) is 3. The summed E-state index contributed by atoms with van der Waals surface area (Å²) in [5, 5.41) is 2.85. The molecule has 0 aliphatic carbocycles. The van der Waals surface area contributed by atoms with E-state index in [2.05, 4.69) is 37.2 Å². The predicted octanol–water partition coefficient (Wildman–Crippen LogP) is 2.74. The largest absolute Gasteiger partial charge is 0.352 e. The lowest BCUT2D eigenvalue weighted by Gasteiger charge is -2.02. The van der Waals surface area contributed by atoms with Crippen LogP contribution in [0.15, 0.2) is 13.6 Å². The Morgan fingerprint density at radius 3 is 2.73 bits per heavy atom. The second kappa shape index (κ2) is 6.62. The van der Waals surface area contributed by atoms with Gasteiger partial charge in [0.1, 0.15) is 0 Å². The molecule has 84 valence electrons. The highest BCUT2D eigenvalue weighted by molar-refractivity contribution is 9.12. The molecular weight excluding hydrogens is 344 g/mol. The van der Waals surface area contributed by atoms with Crippen molar-refractivity contribution in [1.29, 1.82) is 0 Å². The standard InChI is InChI=1S/C9H12Br2N2OS/c10-7-5-6(8(11)15-7)9(14)13-4-2-1-3-12/h5H,1-4,12H2,(H,13,14). The van der Waals surface area contributed by atoms with E-state index >= 15 is 0 Å². The first-order chi connectivity index (χ1) is 7.15. The molecule has 0 aliphatic rings. The zero-order chi connectivity index (χ0) is 11.3. The topological polar surface area (TPSA) is 55.1 Å². The highest BCUT2D eigenvalue weighted by atomic mass is 79.9. The van der Waals surface area contributed by atoms with Crippen molar-refractivity contribution < 1.29 is 4.79 Å². The smallest absolute Gasteiger partial charge is 0.253 e. The molecule has 1 aromatic heterocycles. The molecule has 0 spiro atoms. The van der Waals surface area contributed by atoms with Crippen LogP contribution in [0.5, 0.6) is 0 Å². The van der Waals surface area contributed by atoms with Gasteiger partial charge in [-0.15, -0.1) is 11.3 Å². The summed E-state index contributed by atoms with van der Waals surface area (Å²) in [4.78, 5) is 11.7. The number of thiophene rings is 1. The zero-order valence-corrected chi connectivity index (χ0v) is 12.0. The molecule has 1 heterocycles. The van der Waals surface area contributed by atoms with Gasteiger partial charge in [0.2, 0.25) is 0 Å². The number of carbonyl (C=O) groups excluding carboxylic acids is 1. The first kappa shape index (κ1) is 13.2. The quantitative estimate of drug-likeness (QED) is 0.798. The van der Waals surface area contributed by atoms with Crippen molar-refractivity contribution in [3.8, 4) is 0 Å². The van der Waals surface area contributed by atoms with Gasteiger partial charge in [-0.2, -0.15) is 0 Å². The van der Waals surface area contributed by atoms with Gasteiger partial charge in [0, 0.05) is 6.54 Å². The van der Waals surface area contributed by atoms with Crippen LogP contribution in [-0.2, 0) is 0 Å². The van der Waals surface area contributed by atoms with Crippen molar-refractivity contribution in [2.45, 2.75) is 12.8 Å². The lowest BCUT2D eigenvalue weighted by atomic mass is 10.3.